The molecule has 154 valence electrons. The van der Waals surface area contributed by atoms with Gasteiger partial charge in [-0.05, 0) is 27.7 Å². The highest BCUT2D eigenvalue weighted by Crippen LogP contribution is 2.39. The van der Waals surface area contributed by atoms with Gasteiger partial charge in [0, 0.05) is 13.0 Å². The Morgan fingerprint density at radius 2 is 2.03 bits per heavy atom. The van der Waals surface area contributed by atoms with Gasteiger partial charge in [-0.1, -0.05) is 11.3 Å². The first-order chi connectivity index (χ1) is 13.7. The second kappa shape index (κ2) is 7.06. The summed E-state index contributed by atoms with van der Waals surface area (Å²) < 4.78 is 12.2. The first kappa shape index (κ1) is 19.8. The minimum atomic E-state index is -0.633. The van der Waals surface area contributed by atoms with Crippen molar-refractivity contribution in [3.8, 4) is 0 Å². The van der Waals surface area contributed by atoms with Crippen LogP contribution in [0.1, 0.15) is 57.9 Å². The van der Waals surface area contributed by atoms with Crippen molar-refractivity contribution in [1.82, 2.24) is 24.5 Å². The standard InChI is InChI=1S/C18H21N5O4S2/c1-9-21-23-12-10(20-16(23)28-9)6-7-22(17(25)27-18(2,3)4)13(12)14-19-8-11(29-14)15(24)26-5/h8,13H,6-7H2,1-5H3. The number of fused-ring (bicyclic) bond motifs is 3. The van der Waals surface area contributed by atoms with Crippen molar-refractivity contribution in [2.24, 2.45) is 0 Å². The third kappa shape index (κ3) is 3.60. The molecule has 0 saturated heterocycles. The summed E-state index contributed by atoms with van der Waals surface area (Å²) in [4.78, 5) is 36.9. The molecule has 0 N–H and O–H groups in total. The van der Waals surface area contributed by atoms with E-state index in [4.69, 9.17) is 14.5 Å². The number of hydrogen-bond acceptors (Lipinski definition) is 9. The molecule has 0 aliphatic carbocycles. The predicted molar refractivity (Wildman–Crippen MR) is 108 cm³/mol. The van der Waals surface area contributed by atoms with Crippen molar-refractivity contribution in [2.75, 3.05) is 13.7 Å². The van der Waals surface area contributed by atoms with Gasteiger partial charge in [-0.3, -0.25) is 4.90 Å². The molecule has 0 spiro atoms. The summed E-state index contributed by atoms with van der Waals surface area (Å²) in [6.45, 7) is 7.83. The number of ether oxygens (including phenoxy) is 2. The third-order valence-electron chi connectivity index (χ3n) is 4.35. The number of thiazole rings is 1. The van der Waals surface area contributed by atoms with Crippen LogP contribution in [-0.4, -0.2) is 55.8 Å². The molecule has 0 saturated carbocycles. The number of hydrogen-bond donors (Lipinski definition) is 0. The number of amides is 1. The maximum atomic E-state index is 13.0. The van der Waals surface area contributed by atoms with Crippen LogP contribution >= 0.6 is 22.7 Å². The fraction of sp³-hybridized carbons (Fsp3) is 0.500. The van der Waals surface area contributed by atoms with E-state index in [0.29, 0.717) is 22.9 Å². The lowest BCUT2D eigenvalue weighted by molar-refractivity contribution is 0.0172. The van der Waals surface area contributed by atoms with Gasteiger partial charge >= 0.3 is 12.1 Å². The number of carbonyl (C=O) groups excluding carboxylic acids is 2. The second-order valence-electron chi connectivity index (χ2n) is 7.64. The van der Waals surface area contributed by atoms with Crippen LogP contribution in [-0.2, 0) is 15.9 Å². The average Bonchev–Trinajstić information content (AvgIpc) is 3.32. The fourth-order valence-electron chi connectivity index (χ4n) is 3.24. The number of rotatable bonds is 2. The third-order valence-corrected chi connectivity index (χ3v) is 6.20. The molecule has 0 aromatic carbocycles. The van der Waals surface area contributed by atoms with Crippen LogP contribution in [0.15, 0.2) is 6.20 Å². The maximum Gasteiger partial charge on any atom is 0.411 e. The second-order valence-corrected chi connectivity index (χ2v) is 9.86. The van der Waals surface area contributed by atoms with Gasteiger partial charge in [-0.15, -0.1) is 11.3 Å². The van der Waals surface area contributed by atoms with Crippen molar-refractivity contribution >= 4 is 39.7 Å². The molecule has 3 aromatic heterocycles. The summed E-state index contributed by atoms with van der Waals surface area (Å²) in [6, 6.07) is -0.548. The van der Waals surface area contributed by atoms with Gasteiger partial charge in [-0.25, -0.2) is 24.1 Å². The summed E-state index contributed by atoms with van der Waals surface area (Å²) in [7, 11) is 1.33. The first-order valence-electron chi connectivity index (χ1n) is 9.06. The molecule has 0 fully saturated rings. The van der Waals surface area contributed by atoms with Crippen LogP contribution in [0, 0.1) is 6.92 Å². The van der Waals surface area contributed by atoms with Gasteiger partial charge in [0.2, 0.25) is 4.96 Å². The SMILES string of the molecule is COC(=O)c1cnc(C2c3c(nc4sc(C)nn34)CCN2C(=O)OC(C)(C)C)s1. The highest BCUT2D eigenvalue weighted by molar-refractivity contribution is 7.16. The zero-order valence-corrected chi connectivity index (χ0v) is 18.4. The van der Waals surface area contributed by atoms with Crippen molar-refractivity contribution in [1.29, 1.82) is 0 Å². The summed E-state index contributed by atoms with van der Waals surface area (Å²) in [5.74, 6) is -0.462. The van der Waals surface area contributed by atoms with E-state index in [1.807, 2.05) is 27.7 Å². The summed E-state index contributed by atoms with van der Waals surface area (Å²) in [5.41, 5.74) is 1.03. The molecule has 0 bridgehead atoms. The van der Waals surface area contributed by atoms with E-state index in [9.17, 15) is 9.59 Å². The van der Waals surface area contributed by atoms with Crippen molar-refractivity contribution in [2.45, 2.75) is 45.8 Å². The van der Waals surface area contributed by atoms with E-state index in [1.54, 1.807) is 9.42 Å². The number of aryl methyl sites for hydroxylation is 1. The van der Waals surface area contributed by atoms with Crippen molar-refractivity contribution < 1.29 is 19.1 Å². The minimum Gasteiger partial charge on any atom is -0.465 e. The van der Waals surface area contributed by atoms with Crippen LogP contribution in [0.5, 0.6) is 0 Å². The summed E-state index contributed by atoms with van der Waals surface area (Å²) in [6.07, 6.45) is 1.62. The molecule has 1 unspecified atom stereocenters. The van der Waals surface area contributed by atoms with Gasteiger partial charge in [0.1, 0.15) is 26.5 Å². The lowest BCUT2D eigenvalue weighted by atomic mass is 10.0. The molecular weight excluding hydrogens is 414 g/mol. The van der Waals surface area contributed by atoms with Gasteiger partial charge in [0.15, 0.2) is 0 Å². The summed E-state index contributed by atoms with van der Waals surface area (Å²) >= 11 is 2.68. The van der Waals surface area contributed by atoms with Crippen LogP contribution in [0.4, 0.5) is 4.79 Å². The number of aromatic nitrogens is 4. The Morgan fingerprint density at radius 3 is 2.72 bits per heavy atom. The molecule has 0 radical (unpaired) electrons. The highest BCUT2D eigenvalue weighted by atomic mass is 32.1. The lowest BCUT2D eigenvalue weighted by Gasteiger charge is -2.35. The highest BCUT2D eigenvalue weighted by Gasteiger charge is 2.40. The van der Waals surface area contributed by atoms with Gasteiger partial charge in [-0.2, -0.15) is 5.10 Å². The van der Waals surface area contributed by atoms with E-state index >= 15 is 0 Å². The Balaban J connectivity index is 1.83. The molecule has 11 heteroatoms. The molecule has 1 atom stereocenters. The Bertz CT molecular complexity index is 1090. The molecule has 29 heavy (non-hydrogen) atoms. The Labute approximate surface area is 175 Å². The molecule has 4 rings (SSSR count). The number of methoxy groups -OCH3 is 1. The van der Waals surface area contributed by atoms with Crippen LogP contribution in [0.3, 0.4) is 0 Å². The van der Waals surface area contributed by atoms with Crippen molar-refractivity contribution in [3.05, 3.63) is 32.5 Å². The molecule has 1 aliphatic rings. The zero-order chi connectivity index (χ0) is 20.9. The Hall–Kier alpha value is -2.53. The predicted octanol–water partition coefficient (Wildman–Crippen LogP) is 3.22. The molecule has 9 nitrogen and oxygen atoms in total. The number of carbonyl (C=O) groups is 2. The molecule has 3 aromatic rings. The van der Waals surface area contributed by atoms with Gasteiger partial charge < -0.3 is 9.47 Å². The quantitative estimate of drug-likeness (QED) is 0.570. The van der Waals surface area contributed by atoms with Gasteiger partial charge in [0.05, 0.1) is 24.7 Å². The van der Waals surface area contributed by atoms with E-state index in [0.717, 1.165) is 21.4 Å². The Morgan fingerprint density at radius 1 is 1.28 bits per heavy atom. The molecule has 1 amide bonds. The maximum absolute atomic E-state index is 13.0. The smallest absolute Gasteiger partial charge is 0.411 e. The number of nitrogens with zero attached hydrogens (tertiary/aromatic N) is 5. The largest absolute Gasteiger partial charge is 0.465 e. The number of esters is 1. The monoisotopic (exact) mass is 435 g/mol. The normalized spacial score (nSPS) is 16.7. The first-order valence-corrected chi connectivity index (χ1v) is 10.7. The number of imidazole rings is 1. The van der Waals surface area contributed by atoms with Gasteiger partial charge in [0.25, 0.3) is 0 Å². The van der Waals surface area contributed by atoms with E-state index in [-0.39, 0.29) is 0 Å². The fourth-order valence-corrected chi connectivity index (χ4v) is 4.96. The Kier molecular flexibility index (Phi) is 4.82. The van der Waals surface area contributed by atoms with E-state index < -0.39 is 23.7 Å². The van der Waals surface area contributed by atoms with E-state index in [1.165, 1.54) is 36.0 Å². The minimum absolute atomic E-state index is 0.369. The molecule has 1 aliphatic heterocycles. The topological polar surface area (TPSA) is 98.9 Å². The van der Waals surface area contributed by atoms with E-state index in [2.05, 4.69) is 10.1 Å². The van der Waals surface area contributed by atoms with Crippen LogP contribution < -0.4 is 0 Å². The van der Waals surface area contributed by atoms with Crippen LogP contribution in [0.2, 0.25) is 0 Å². The summed E-state index contributed by atoms with van der Waals surface area (Å²) in [5, 5.41) is 6.03. The molecular formula is C18H21N5O4S2. The lowest BCUT2D eigenvalue weighted by Crippen LogP contribution is -2.43. The molecule has 4 heterocycles. The average molecular weight is 436 g/mol. The van der Waals surface area contributed by atoms with Crippen molar-refractivity contribution in [3.63, 3.8) is 0 Å². The van der Waals surface area contributed by atoms with Crippen LogP contribution in [0.25, 0.3) is 4.96 Å². The zero-order valence-electron chi connectivity index (χ0n) is 16.8.